The Morgan fingerprint density at radius 1 is 1.43 bits per heavy atom. The first-order valence-corrected chi connectivity index (χ1v) is 6.50. The topological polar surface area (TPSA) is 101 Å². The second-order valence-corrected chi connectivity index (χ2v) is 4.91. The van der Waals surface area contributed by atoms with Crippen molar-refractivity contribution in [1.29, 1.82) is 0 Å². The van der Waals surface area contributed by atoms with Crippen LogP contribution in [0.15, 0.2) is 46.3 Å². The average Bonchev–Trinajstić information content (AvgIpc) is 2.46. The number of nitrogens with one attached hydrogen (secondary N) is 1. The molecule has 2 aromatic rings. The van der Waals surface area contributed by atoms with Crippen molar-refractivity contribution in [3.63, 3.8) is 0 Å². The standard InChI is InChI=1S/C13H10BrFN4O2/c14-8-4-7(5-17-6-8)13(20)18-10-3-1-2-9(15)11(10)12(16)19-21/h1-6,21H,(H2,16,19)(H,18,20). The largest absolute Gasteiger partial charge is 0.409 e. The molecule has 21 heavy (non-hydrogen) atoms. The zero-order valence-electron chi connectivity index (χ0n) is 10.5. The molecule has 0 aliphatic rings. The molecule has 0 saturated carbocycles. The molecule has 0 bridgehead atoms. The molecule has 2 rings (SSSR count). The van der Waals surface area contributed by atoms with Gasteiger partial charge in [-0.3, -0.25) is 9.78 Å². The molecule has 8 heteroatoms. The lowest BCUT2D eigenvalue weighted by atomic mass is 10.1. The van der Waals surface area contributed by atoms with Gasteiger partial charge in [0, 0.05) is 16.9 Å². The summed E-state index contributed by atoms with van der Waals surface area (Å²) >= 11 is 3.20. The number of amidine groups is 1. The van der Waals surface area contributed by atoms with Crippen molar-refractivity contribution >= 4 is 33.4 Å². The van der Waals surface area contributed by atoms with Crippen LogP contribution < -0.4 is 11.1 Å². The number of pyridine rings is 1. The molecule has 0 unspecified atom stereocenters. The van der Waals surface area contributed by atoms with Crippen LogP contribution in [-0.4, -0.2) is 21.9 Å². The van der Waals surface area contributed by atoms with Crippen molar-refractivity contribution in [1.82, 2.24) is 4.98 Å². The number of nitrogens with two attached hydrogens (primary N) is 1. The van der Waals surface area contributed by atoms with Gasteiger partial charge in [-0.15, -0.1) is 0 Å². The van der Waals surface area contributed by atoms with Crippen LogP contribution in [0.25, 0.3) is 0 Å². The Bertz CT molecular complexity index is 721. The van der Waals surface area contributed by atoms with E-state index in [1.54, 1.807) is 6.07 Å². The number of hydrogen-bond donors (Lipinski definition) is 3. The molecule has 1 aromatic heterocycles. The highest BCUT2D eigenvalue weighted by molar-refractivity contribution is 9.10. The van der Waals surface area contributed by atoms with Gasteiger partial charge < -0.3 is 16.3 Å². The summed E-state index contributed by atoms with van der Waals surface area (Å²) in [6, 6.07) is 5.55. The summed E-state index contributed by atoms with van der Waals surface area (Å²) in [5.41, 5.74) is 5.61. The van der Waals surface area contributed by atoms with Gasteiger partial charge in [0.1, 0.15) is 5.82 Å². The van der Waals surface area contributed by atoms with Gasteiger partial charge in [0.05, 0.1) is 16.8 Å². The Morgan fingerprint density at radius 3 is 2.86 bits per heavy atom. The van der Waals surface area contributed by atoms with Crippen LogP contribution in [0.1, 0.15) is 15.9 Å². The molecular formula is C13H10BrFN4O2. The molecule has 0 spiro atoms. The number of benzene rings is 1. The van der Waals surface area contributed by atoms with E-state index < -0.39 is 17.6 Å². The summed E-state index contributed by atoms with van der Waals surface area (Å²) in [6.45, 7) is 0. The number of halogens is 2. The predicted octanol–water partition coefficient (Wildman–Crippen LogP) is 2.33. The van der Waals surface area contributed by atoms with Crippen LogP contribution in [0.5, 0.6) is 0 Å². The average molecular weight is 353 g/mol. The van der Waals surface area contributed by atoms with Crippen LogP contribution in [0.4, 0.5) is 10.1 Å². The van der Waals surface area contributed by atoms with Gasteiger partial charge in [0.2, 0.25) is 0 Å². The number of hydrogen-bond acceptors (Lipinski definition) is 4. The molecule has 1 amide bonds. The maximum absolute atomic E-state index is 13.8. The lowest BCUT2D eigenvalue weighted by molar-refractivity contribution is 0.102. The molecule has 108 valence electrons. The second kappa shape index (κ2) is 6.31. The third-order valence-corrected chi connectivity index (χ3v) is 3.03. The lowest BCUT2D eigenvalue weighted by Gasteiger charge is -2.11. The lowest BCUT2D eigenvalue weighted by Crippen LogP contribution is -2.20. The van der Waals surface area contributed by atoms with E-state index >= 15 is 0 Å². The minimum absolute atomic E-state index is 0.0928. The normalized spacial score (nSPS) is 11.2. The maximum atomic E-state index is 13.8. The van der Waals surface area contributed by atoms with Crippen molar-refractivity contribution in [2.24, 2.45) is 10.9 Å². The summed E-state index contributed by atoms with van der Waals surface area (Å²) in [7, 11) is 0. The molecule has 4 N–H and O–H groups in total. The summed E-state index contributed by atoms with van der Waals surface area (Å²) in [5.74, 6) is -1.65. The van der Waals surface area contributed by atoms with E-state index in [9.17, 15) is 9.18 Å². The van der Waals surface area contributed by atoms with E-state index in [2.05, 4.69) is 31.4 Å². The monoisotopic (exact) mass is 352 g/mol. The molecule has 1 heterocycles. The van der Waals surface area contributed by atoms with Crippen molar-refractivity contribution in [3.8, 4) is 0 Å². The fraction of sp³-hybridized carbons (Fsp3) is 0. The fourth-order valence-electron chi connectivity index (χ4n) is 1.67. The molecule has 1 aromatic carbocycles. The number of nitrogens with zero attached hydrogens (tertiary/aromatic N) is 2. The Hall–Kier alpha value is -2.48. The first-order chi connectivity index (χ1) is 10.0. The zero-order valence-corrected chi connectivity index (χ0v) is 12.1. The number of carbonyl (C=O) groups excluding carboxylic acids is 1. The number of anilines is 1. The summed E-state index contributed by atoms with van der Waals surface area (Å²) in [6.07, 6.45) is 2.89. The molecular weight excluding hydrogens is 343 g/mol. The minimum Gasteiger partial charge on any atom is -0.409 e. The maximum Gasteiger partial charge on any atom is 0.257 e. The summed E-state index contributed by atoms with van der Waals surface area (Å²) in [5, 5.41) is 13.9. The Kier molecular flexibility index (Phi) is 4.49. The zero-order chi connectivity index (χ0) is 15.4. The second-order valence-electron chi connectivity index (χ2n) is 3.99. The van der Waals surface area contributed by atoms with Crippen molar-refractivity contribution in [3.05, 3.63) is 58.1 Å². The Labute approximate surface area is 127 Å². The highest BCUT2D eigenvalue weighted by Gasteiger charge is 2.16. The fourth-order valence-corrected chi connectivity index (χ4v) is 2.03. The SMILES string of the molecule is N/C(=N/O)c1c(F)cccc1NC(=O)c1cncc(Br)c1. The van der Waals surface area contributed by atoms with E-state index in [1.807, 2.05) is 0 Å². The van der Waals surface area contributed by atoms with Crippen LogP contribution in [0, 0.1) is 5.82 Å². The van der Waals surface area contributed by atoms with Gasteiger partial charge >= 0.3 is 0 Å². The molecule has 0 radical (unpaired) electrons. The van der Waals surface area contributed by atoms with Gasteiger partial charge in [0.15, 0.2) is 5.84 Å². The summed E-state index contributed by atoms with van der Waals surface area (Å²) in [4.78, 5) is 16.0. The Balaban J connectivity index is 2.36. The predicted molar refractivity (Wildman–Crippen MR) is 78.8 cm³/mol. The van der Waals surface area contributed by atoms with Gasteiger partial charge in [-0.05, 0) is 34.1 Å². The van der Waals surface area contributed by atoms with Gasteiger partial charge in [-0.2, -0.15) is 0 Å². The highest BCUT2D eigenvalue weighted by atomic mass is 79.9. The Morgan fingerprint density at radius 2 is 2.19 bits per heavy atom. The third-order valence-electron chi connectivity index (χ3n) is 2.59. The van der Waals surface area contributed by atoms with Crippen LogP contribution in [-0.2, 0) is 0 Å². The first kappa shape index (κ1) is 14.9. The van der Waals surface area contributed by atoms with Crippen LogP contribution >= 0.6 is 15.9 Å². The molecule has 0 atom stereocenters. The van der Waals surface area contributed by atoms with Crippen LogP contribution in [0.3, 0.4) is 0 Å². The molecule has 0 fully saturated rings. The number of rotatable bonds is 3. The number of aromatic nitrogens is 1. The number of amides is 1. The van der Waals surface area contributed by atoms with Gasteiger partial charge in [0.25, 0.3) is 5.91 Å². The van der Waals surface area contributed by atoms with Crippen molar-refractivity contribution < 1.29 is 14.4 Å². The van der Waals surface area contributed by atoms with E-state index in [4.69, 9.17) is 10.9 Å². The van der Waals surface area contributed by atoms with E-state index in [0.717, 1.165) is 6.07 Å². The first-order valence-electron chi connectivity index (χ1n) is 5.71. The number of oxime groups is 1. The van der Waals surface area contributed by atoms with Crippen molar-refractivity contribution in [2.45, 2.75) is 0 Å². The van der Waals surface area contributed by atoms with Crippen molar-refractivity contribution in [2.75, 3.05) is 5.32 Å². The smallest absolute Gasteiger partial charge is 0.257 e. The highest BCUT2D eigenvalue weighted by Crippen LogP contribution is 2.20. The molecule has 0 aliphatic heterocycles. The summed E-state index contributed by atoms with van der Waals surface area (Å²) < 4.78 is 14.4. The molecule has 0 aliphatic carbocycles. The van der Waals surface area contributed by atoms with Gasteiger partial charge in [-0.25, -0.2) is 4.39 Å². The third kappa shape index (κ3) is 3.34. The number of carbonyl (C=O) groups is 1. The molecule has 6 nitrogen and oxygen atoms in total. The van der Waals surface area contributed by atoms with Gasteiger partial charge in [-0.1, -0.05) is 11.2 Å². The quantitative estimate of drug-likeness (QED) is 0.341. The van der Waals surface area contributed by atoms with E-state index in [1.165, 1.54) is 24.5 Å². The van der Waals surface area contributed by atoms with E-state index in [0.29, 0.717) is 4.47 Å². The van der Waals surface area contributed by atoms with Crippen LogP contribution in [0.2, 0.25) is 0 Å². The molecule has 0 saturated heterocycles. The van der Waals surface area contributed by atoms with E-state index in [-0.39, 0.29) is 16.8 Å². The minimum atomic E-state index is -0.713.